The molecule has 1 aromatic rings. The molecule has 0 saturated heterocycles. The van der Waals surface area contributed by atoms with Gasteiger partial charge in [-0.2, -0.15) is 5.10 Å². The van der Waals surface area contributed by atoms with Crippen LogP contribution < -0.4 is 0 Å². The molecule has 0 aliphatic heterocycles. The largest absolute Gasteiger partial charge is 0.384 e. The second kappa shape index (κ2) is 3.31. The quantitative estimate of drug-likeness (QED) is 0.669. The summed E-state index contributed by atoms with van der Waals surface area (Å²) in [5, 5.41) is 6.51. The highest BCUT2D eigenvalue weighted by atomic mass is 16.5. The van der Waals surface area contributed by atoms with E-state index >= 15 is 0 Å². The molecule has 0 bridgehead atoms. The molecule has 56 valence electrons. The van der Waals surface area contributed by atoms with Crippen molar-refractivity contribution in [2.75, 3.05) is 13.7 Å². The summed E-state index contributed by atoms with van der Waals surface area (Å²) in [5.41, 5.74) is 0. The summed E-state index contributed by atoms with van der Waals surface area (Å²) in [4.78, 5) is 3.99. The van der Waals surface area contributed by atoms with E-state index in [4.69, 9.17) is 4.74 Å². The number of nitrogens with one attached hydrogen (secondary N) is 1. The highest BCUT2D eigenvalue weighted by Crippen LogP contribution is 2.07. The molecule has 0 saturated carbocycles. The lowest BCUT2D eigenvalue weighted by atomic mass is 10.2. The Morgan fingerprint density at radius 2 is 2.60 bits per heavy atom. The van der Waals surface area contributed by atoms with Gasteiger partial charge in [-0.3, -0.25) is 5.10 Å². The van der Waals surface area contributed by atoms with Gasteiger partial charge in [-0.1, -0.05) is 6.92 Å². The van der Waals surface area contributed by atoms with Gasteiger partial charge in [-0.15, -0.1) is 0 Å². The average molecular weight is 141 g/mol. The van der Waals surface area contributed by atoms with E-state index in [1.807, 2.05) is 6.92 Å². The third kappa shape index (κ3) is 1.54. The molecule has 4 heteroatoms. The van der Waals surface area contributed by atoms with Crippen molar-refractivity contribution in [2.24, 2.45) is 0 Å². The van der Waals surface area contributed by atoms with Gasteiger partial charge in [-0.05, 0) is 0 Å². The maximum absolute atomic E-state index is 4.94. The van der Waals surface area contributed by atoms with Gasteiger partial charge < -0.3 is 4.74 Å². The second-order valence-corrected chi connectivity index (χ2v) is 2.23. The third-order valence-corrected chi connectivity index (χ3v) is 1.32. The molecular weight excluding hydrogens is 130 g/mol. The van der Waals surface area contributed by atoms with Crippen LogP contribution in [0.1, 0.15) is 18.7 Å². The number of aromatic amines is 1. The van der Waals surface area contributed by atoms with Crippen LogP contribution in [0.3, 0.4) is 0 Å². The number of nitrogens with zero attached hydrogens (tertiary/aromatic N) is 2. The number of rotatable bonds is 3. The van der Waals surface area contributed by atoms with Gasteiger partial charge in [0.15, 0.2) is 0 Å². The number of hydrogen-bond donors (Lipinski definition) is 1. The van der Waals surface area contributed by atoms with E-state index in [-0.39, 0.29) is 0 Å². The molecular formula is C6H11N3O. The summed E-state index contributed by atoms with van der Waals surface area (Å²) in [6, 6.07) is 0. The van der Waals surface area contributed by atoms with Gasteiger partial charge >= 0.3 is 0 Å². The first-order valence-corrected chi connectivity index (χ1v) is 3.18. The Hall–Kier alpha value is -0.900. The smallest absolute Gasteiger partial charge is 0.137 e. The van der Waals surface area contributed by atoms with Crippen LogP contribution in [0.5, 0.6) is 0 Å². The first-order chi connectivity index (χ1) is 4.84. The summed E-state index contributed by atoms with van der Waals surface area (Å²) in [5.74, 6) is 1.18. The molecule has 1 N–H and O–H groups in total. The van der Waals surface area contributed by atoms with Gasteiger partial charge in [0.05, 0.1) is 6.61 Å². The van der Waals surface area contributed by atoms with Crippen LogP contribution in [0, 0.1) is 0 Å². The molecule has 1 rings (SSSR count). The van der Waals surface area contributed by atoms with Crippen LogP contribution in [0.4, 0.5) is 0 Å². The second-order valence-electron chi connectivity index (χ2n) is 2.23. The van der Waals surface area contributed by atoms with E-state index in [1.54, 1.807) is 7.11 Å². The molecule has 0 aromatic carbocycles. The van der Waals surface area contributed by atoms with Crippen molar-refractivity contribution >= 4 is 0 Å². The molecule has 10 heavy (non-hydrogen) atoms. The molecule has 0 aliphatic carbocycles. The van der Waals surface area contributed by atoms with Crippen molar-refractivity contribution in [1.29, 1.82) is 0 Å². The molecule has 0 fully saturated rings. The molecule has 0 radical (unpaired) electrons. The standard InChI is InChI=1S/C6H11N3O/c1-5(3-10-2)6-7-4-8-9-6/h4-5H,3H2,1-2H3,(H,7,8,9). The zero-order valence-electron chi connectivity index (χ0n) is 6.16. The summed E-state index contributed by atoms with van der Waals surface area (Å²) >= 11 is 0. The Kier molecular flexibility index (Phi) is 2.39. The Balaban J connectivity index is 2.50. The Morgan fingerprint density at radius 3 is 3.10 bits per heavy atom. The summed E-state index contributed by atoms with van der Waals surface area (Å²) in [7, 11) is 1.67. The average Bonchev–Trinajstić information content (AvgIpc) is 2.38. The molecule has 0 amide bonds. The van der Waals surface area contributed by atoms with Crippen molar-refractivity contribution in [3.63, 3.8) is 0 Å². The third-order valence-electron chi connectivity index (χ3n) is 1.32. The highest BCUT2D eigenvalue weighted by Gasteiger charge is 2.06. The molecule has 1 atom stereocenters. The van der Waals surface area contributed by atoms with E-state index in [9.17, 15) is 0 Å². The van der Waals surface area contributed by atoms with E-state index in [0.717, 1.165) is 5.82 Å². The summed E-state index contributed by atoms with van der Waals surface area (Å²) < 4.78 is 4.94. The molecule has 4 nitrogen and oxygen atoms in total. The van der Waals surface area contributed by atoms with E-state index in [1.165, 1.54) is 6.33 Å². The SMILES string of the molecule is COCC(C)c1ncn[nH]1. The topological polar surface area (TPSA) is 50.8 Å². The van der Waals surface area contributed by atoms with E-state index in [0.29, 0.717) is 12.5 Å². The van der Waals surface area contributed by atoms with Gasteiger partial charge in [0.1, 0.15) is 12.2 Å². The lowest BCUT2D eigenvalue weighted by molar-refractivity contribution is 0.182. The zero-order chi connectivity index (χ0) is 7.40. The van der Waals surface area contributed by atoms with Crippen molar-refractivity contribution < 1.29 is 4.74 Å². The molecule has 0 aliphatic rings. The molecule has 0 spiro atoms. The van der Waals surface area contributed by atoms with E-state index in [2.05, 4.69) is 15.2 Å². The van der Waals surface area contributed by atoms with Crippen LogP contribution in [0.25, 0.3) is 0 Å². The van der Waals surface area contributed by atoms with Crippen LogP contribution in [-0.2, 0) is 4.74 Å². The van der Waals surface area contributed by atoms with E-state index < -0.39 is 0 Å². The minimum absolute atomic E-state index is 0.299. The van der Waals surface area contributed by atoms with Crippen LogP contribution in [-0.4, -0.2) is 28.9 Å². The normalized spacial score (nSPS) is 13.4. The monoisotopic (exact) mass is 141 g/mol. The van der Waals surface area contributed by atoms with Gasteiger partial charge in [0.2, 0.25) is 0 Å². The molecule has 1 unspecified atom stereocenters. The highest BCUT2D eigenvalue weighted by molar-refractivity contribution is 4.89. The minimum atomic E-state index is 0.299. The van der Waals surface area contributed by atoms with Crippen LogP contribution in [0.2, 0.25) is 0 Å². The Labute approximate surface area is 59.6 Å². The van der Waals surface area contributed by atoms with Crippen molar-refractivity contribution in [1.82, 2.24) is 15.2 Å². The minimum Gasteiger partial charge on any atom is -0.384 e. The lowest BCUT2D eigenvalue weighted by Gasteiger charge is -2.04. The van der Waals surface area contributed by atoms with Crippen molar-refractivity contribution in [3.8, 4) is 0 Å². The fourth-order valence-corrected chi connectivity index (χ4v) is 0.781. The number of hydrogen-bond acceptors (Lipinski definition) is 3. The molecule has 1 aromatic heterocycles. The zero-order valence-corrected chi connectivity index (χ0v) is 6.16. The number of aromatic nitrogens is 3. The maximum Gasteiger partial charge on any atom is 0.137 e. The first kappa shape index (κ1) is 7.21. The number of H-pyrrole nitrogens is 1. The lowest BCUT2D eigenvalue weighted by Crippen LogP contribution is -2.03. The fraction of sp³-hybridized carbons (Fsp3) is 0.667. The number of methoxy groups -OCH3 is 1. The van der Waals surface area contributed by atoms with Crippen molar-refractivity contribution in [3.05, 3.63) is 12.2 Å². The summed E-state index contributed by atoms with van der Waals surface area (Å²) in [6.07, 6.45) is 1.50. The van der Waals surface area contributed by atoms with Crippen LogP contribution in [0.15, 0.2) is 6.33 Å². The number of ether oxygens (including phenoxy) is 1. The van der Waals surface area contributed by atoms with Crippen molar-refractivity contribution in [2.45, 2.75) is 12.8 Å². The van der Waals surface area contributed by atoms with Gasteiger partial charge in [0.25, 0.3) is 0 Å². The van der Waals surface area contributed by atoms with Crippen LogP contribution >= 0.6 is 0 Å². The Bertz CT molecular complexity index is 173. The fourth-order valence-electron chi connectivity index (χ4n) is 0.781. The predicted octanol–water partition coefficient (Wildman–Crippen LogP) is 0.555. The Morgan fingerprint density at radius 1 is 1.80 bits per heavy atom. The van der Waals surface area contributed by atoms with Gasteiger partial charge in [0, 0.05) is 13.0 Å². The molecule has 1 heterocycles. The summed E-state index contributed by atoms with van der Waals surface area (Å²) in [6.45, 7) is 2.71. The van der Waals surface area contributed by atoms with Gasteiger partial charge in [-0.25, -0.2) is 4.98 Å². The maximum atomic E-state index is 4.94. The predicted molar refractivity (Wildman–Crippen MR) is 36.7 cm³/mol. The first-order valence-electron chi connectivity index (χ1n) is 3.18.